The molecule has 1 saturated carbocycles. The molecule has 0 saturated heterocycles. The maximum atomic E-state index is 13.6. The second kappa shape index (κ2) is 13.2. The van der Waals surface area contributed by atoms with Gasteiger partial charge in [0, 0.05) is 36.1 Å². The van der Waals surface area contributed by atoms with Crippen LogP contribution in [0.4, 0.5) is 24.5 Å². The number of amides is 1. The minimum atomic E-state index is -4.44. The Balaban J connectivity index is 1.55. The fourth-order valence-electron chi connectivity index (χ4n) is 5.33. The van der Waals surface area contributed by atoms with E-state index in [9.17, 15) is 26.4 Å². The van der Waals surface area contributed by atoms with Crippen LogP contribution in [0.15, 0.2) is 47.4 Å². The number of aromatic nitrogens is 1. The van der Waals surface area contributed by atoms with Crippen molar-refractivity contribution in [3.8, 4) is 17.6 Å². The molecule has 2 aromatic carbocycles. The van der Waals surface area contributed by atoms with Gasteiger partial charge in [-0.1, -0.05) is 12.0 Å². The molecular weight excluding hydrogens is 583 g/mol. The van der Waals surface area contributed by atoms with Crippen LogP contribution in [0.3, 0.4) is 0 Å². The second-order valence-corrected chi connectivity index (χ2v) is 12.4. The number of nitrogens with one attached hydrogen (secondary N) is 3. The van der Waals surface area contributed by atoms with E-state index >= 15 is 0 Å². The molecule has 4 rings (SSSR count). The lowest BCUT2D eigenvalue weighted by molar-refractivity contribution is -0.140. The summed E-state index contributed by atoms with van der Waals surface area (Å²) in [4.78, 5) is 13.3. The highest BCUT2D eigenvalue weighted by Crippen LogP contribution is 2.33. The lowest BCUT2D eigenvalue weighted by atomic mass is 9.90. The molecule has 1 fully saturated rings. The summed E-state index contributed by atoms with van der Waals surface area (Å²) in [6, 6.07) is 11.8. The molecule has 13 heteroatoms. The zero-order chi connectivity index (χ0) is 31.4. The van der Waals surface area contributed by atoms with Gasteiger partial charge in [0.1, 0.15) is 12.3 Å². The molecule has 9 nitrogen and oxygen atoms in total. The Bertz CT molecular complexity index is 1630. The van der Waals surface area contributed by atoms with Crippen molar-refractivity contribution in [2.45, 2.75) is 62.3 Å². The molecule has 1 aliphatic carbocycles. The fraction of sp³-hybridized carbons (Fsp3) is 0.433. The second-order valence-electron chi connectivity index (χ2n) is 10.8. The topological polar surface area (TPSA) is 105 Å². The van der Waals surface area contributed by atoms with E-state index in [4.69, 9.17) is 4.74 Å². The number of hydrogen-bond acceptors (Lipinski definition) is 7. The number of hydrogen-bond donors (Lipinski definition) is 3. The van der Waals surface area contributed by atoms with E-state index in [1.54, 1.807) is 18.2 Å². The summed E-state index contributed by atoms with van der Waals surface area (Å²) >= 11 is 0. The highest BCUT2D eigenvalue weighted by atomic mass is 32.2. The van der Waals surface area contributed by atoms with E-state index in [1.165, 1.54) is 29.9 Å². The summed E-state index contributed by atoms with van der Waals surface area (Å²) in [6.45, 7) is -0.0443. The number of benzene rings is 2. The summed E-state index contributed by atoms with van der Waals surface area (Å²) in [5.74, 6) is 5.21. The van der Waals surface area contributed by atoms with Crippen molar-refractivity contribution in [1.82, 2.24) is 14.2 Å². The van der Waals surface area contributed by atoms with Crippen LogP contribution < -0.4 is 20.1 Å². The lowest BCUT2D eigenvalue weighted by Crippen LogP contribution is -2.36. The van der Waals surface area contributed by atoms with Crippen molar-refractivity contribution in [2.24, 2.45) is 0 Å². The van der Waals surface area contributed by atoms with Crippen LogP contribution in [0.5, 0.6) is 5.75 Å². The summed E-state index contributed by atoms with van der Waals surface area (Å²) in [5.41, 5.74) is 1.87. The summed E-state index contributed by atoms with van der Waals surface area (Å²) < 4.78 is 73.7. The van der Waals surface area contributed by atoms with Crippen LogP contribution in [0, 0.1) is 11.8 Å². The maximum absolute atomic E-state index is 13.6. The van der Waals surface area contributed by atoms with Gasteiger partial charge in [-0.15, -0.1) is 0 Å². The van der Waals surface area contributed by atoms with Gasteiger partial charge in [0.15, 0.2) is 0 Å². The number of methoxy groups -OCH3 is 1. The molecule has 0 spiro atoms. The van der Waals surface area contributed by atoms with Gasteiger partial charge >= 0.3 is 6.18 Å². The van der Waals surface area contributed by atoms with Gasteiger partial charge in [-0.3, -0.25) is 4.79 Å². The van der Waals surface area contributed by atoms with Crippen molar-refractivity contribution in [3.63, 3.8) is 0 Å². The molecule has 0 bridgehead atoms. The Labute approximate surface area is 249 Å². The highest BCUT2D eigenvalue weighted by molar-refractivity contribution is 7.90. The molecular formula is C30H36F3N5O4S. The first-order valence-electron chi connectivity index (χ1n) is 13.8. The van der Waals surface area contributed by atoms with Crippen LogP contribution in [0.2, 0.25) is 0 Å². The zero-order valence-corrected chi connectivity index (χ0v) is 25.3. The Morgan fingerprint density at radius 3 is 2.44 bits per heavy atom. The maximum Gasteiger partial charge on any atom is 0.406 e. The SMILES string of the molecule is COc1cc(S(=O)(=O)NC(C)=O)ccc1NCC#Cc1cc2c(N[C@H]3CC[C@H](N(C)C)CC3)cccc2n1CC(F)(F)F. The molecule has 1 aliphatic rings. The number of rotatable bonds is 9. The fourth-order valence-corrected chi connectivity index (χ4v) is 6.33. The number of alkyl halides is 3. The number of anilines is 2. The number of ether oxygens (including phenoxy) is 1. The zero-order valence-electron chi connectivity index (χ0n) is 24.5. The van der Waals surface area contributed by atoms with Crippen molar-refractivity contribution in [3.05, 3.63) is 48.2 Å². The minimum absolute atomic E-state index is 0.0436. The van der Waals surface area contributed by atoms with Gasteiger partial charge in [0.2, 0.25) is 5.91 Å². The number of sulfonamides is 1. The molecule has 232 valence electrons. The van der Waals surface area contributed by atoms with Crippen molar-refractivity contribution < 1.29 is 31.1 Å². The van der Waals surface area contributed by atoms with Gasteiger partial charge in [0.25, 0.3) is 10.0 Å². The number of carbonyl (C=O) groups excluding carboxylic acids is 1. The van der Waals surface area contributed by atoms with Crippen LogP contribution in [0.1, 0.15) is 38.3 Å². The Morgan fingerprint density at radius 2 is 1.81 bits per heavy atom. The Hall–Kier alpha value is -3.89. The van der Waals surface area contributed by atoms with Gasteiger partial charge in [0.05, 0.1) is 35.4 Å². The molecule has 1 heterocycles. The van der Waals surface area contributed by atoms with E-state index in [1.807, 2.05) is 10.8 Å². The third-order valence-electron chi connectivity index (χ3n) is 7.41. The van der Waals surface area contributed by atoms with Gasteiger partial charge in [-0.2, -0.15) is 13.2 Å². The molecule has 3 aromatic rings. The quantitative estimate of drug-likeness (QED) is 0.296. The van der Waals surface area contributed by atoms with E-state index in [0.29, 0.717) is 22.6 Å². The largest absolute Gasteiger partial charge is 0.495 e. The third-order valence-corrected chi connectivity index (χ3v) is 8.85. The molecule has 0 unspecified atom stereocenters. The van der Waals surface area contributed by atoms with Crippen LogP contribution in [-0.2, 0) is 21.4 Å². The highest BCUT2D eigenvalue weighted by Gasteiger charge is 2.30. The number of halogens is 3. The molecule has 0 radical (unpaired) electrons. The molecule has 0 atom stereocenters. The van der Waals surface area contributed by atoms with Crippen LogP contribution >= 0.6 is 0 Å². The normalized spacial score (nSPS) is 17.3. The number of carbonyl (C=O) groups is 1. The van der Waals surface area contributed by atoms with Gasteiger partial charge in [-0.05, 0) is 76.0 Å². The third kappa shape index (κ3) is 8.14. The predicted molar refractivity (Wildman–Crippen MR) is 161 cm³/mol. The van der Waals surface area contributed by atoms with E-state index in [0.717, 1.165) is 38.3 Å². The Morgan fingerprint density at radius 1 is 1.09 bits per heavy atom. The standard InChI is InChI=1S/C30H36F3N5O4S/c1-20(39)36-43(40,41)24-14-15-27(29(18-24)42-4)34-16-6-7-23-17-25-26(35-21-10-12-22(13-11-21)37(2)3)8-5-9-28(25)38(23)19-30(31,32)33/h5,8-9,14-15,17-18,21-22,34-35H,10-13,16,19H2,1-4H3,(H,36,39)/t21-,22-. The predicted octanol–water partition coefficient (Wildman–Crippen LogP) is 4.79. The molecule has 43 heavy (non-hydrogen) atoms. The lowest BCUT2D eigenvalue weighted by Gasteiger charge is -2.33. The van der Waals surface area contributed by atoms with E-state index in [-0.39, 0.29) is 28.9 Å². The Kier molecular flexibility index (Phi) is 9.82. The van der Waals surface area contributed by atoms with Gasteiger partial charge < -0.3 is 24.8 Å². The molecule has 3 N–H and O–H groups in total. The van der Waals surface area contributed by atoms with Crippen LogP contribution in [-0.4, -0.2) is 69.8 Å². The number of nitrogens with zero attached hydrogens (tertiary/aromatic N) is 2. The molecule has 1 amide bonds. The first-order chi connectivity index (χ1) is 20.3. The number of fused-ring (bicyclic) bond motifs is 1. The van der Waals surface area contributed by atoms with Crippen molar-refractivity contribution >= 4 is 38.2 Å². The van der Waals surface area contributed by atoms with Gasteiger partial charge in [-0.25, -0.2) is 13.1 Å². The summed E-state index contributed by atoms with van der Waals surface area (Å²) in [7, 11) is 1.46. The van der Waals surface area contributed by atoms with E-state index in [2.05, 4.69) is 41.5 Å². The van der Waals surface area contributed by atoms with Crippen molar-refractivity contribution in [1.29, 1.82) is 0 Å². The summed E-state index contributed by atoms with van der Waals surface area (Å²) in [5, 5.41) is 7.24. The first-order valence-corrected chi connectivity index (χ1v) is 15.3. The van der Waals surface area contributed by atoms with Crippen molar-refractivity contribution in [2.75, 3.05) is 38.4 Å². The van der Waals surface area contributed by atoms with Crippen LogP contribution in [0.25, 0.3) is 10.9 Å². The average Bonchev–Trinajstić information content (AvgIpc) is 3.27. The smallest absolute Gasteiger partial charge is 0.406 e. The summed E-state index contributed by atoms with van der Waals surface area (Å²) in [6.07, 6.45) is -0.383. The monoisotopic (exact) mass is 619 g/mol. The van der Waals surface area contributed by atoms with E-state index < -0.39 is 28.7 Å². The first kappa shape index (κ1) is 32.0. The molecule has 0 aliphatic heterocycles. The minimum Gasteiger partial charge on any atom is -0.495 e. The molecule has 1 aromatic heterocycles. The average molecular weight is 620 g/mol.